The first kappa shape index (κ1) is 15.9. The van der Waals surface area contributed by atoms with Crippen LogP contribution in [0.2, 0.25) is 0 Å². The highest BCUT2D eigenvalue weighted by Gasteiger charge is 2.39. The van der Waals surface area contributed by atoms with Gasteiger partial charge in [-0.2, -0.15) is 5.10 Å². The fourth-order valence-corrected chi connectivity index (χ4v) is 2.56. The van der Waals surface area contributed by atoms with Crippen LogP contribution in [0.1, 0.15) is 50.6 Å². The summed E-state index contributed by atoms with van der Waals surface area (Å²) in [5.74, 6) is -1.70. The molecule has 1 aliphatic rings. The Morgan fingerprint density at radius 3 is 2.29 bits per heavy atom. The van der Waals surface area contributed by atoms with Gasteiger partial charge in [-0.15, -0.1) is 0 Å². The molecule has 3 rings (SSSR count). The molecule has 0 saturated carbocycles. The number of hydrogen-bond donors (Lipinski definition) is 0. The molecule has 0 unspecified atom stereocenters. The summed E-state index contributed by atoms with van der Waals surface area (Å²) in [5.41, 5.74) is 1.31. The van der Waals surface area contributed by atoms with E-state index < -0.39 is 17.8 Å². The van der Waals surface area contributed by atoms with Gasteiger partial charge in [0.25, 0.3) is 11.8 Å². The van der Waals surface area contributed by atoms with E-state index in [-0.39, 0.29) is 16.7 Å². The summed E-state index contributed by atoms with van der Waals surface area (Å²) in [4.78, 5) is 41.8. The quantitative estimate of drug-likeness (QED) is 0.804. The first-order valence-corrected chi connectivity index (χ1v) is 7.62. The fourth-order valence-electron chi connectivity index (χ4n) is 2.56. The van der Waals surface area contributed by atoms with Crippen LogP contribution in [-0.2, 0) is 11.4 Å². The molecule has 0 fully saturated rings. The Labute approximate surface area is 138 Å². The summed E-state index contributed by atoms with van der Waals surface area (Å²) in [7, 11) is 0. The predicted molar refractivity (Wildman–Crippen MR) is 84.2 cm³/mol. The molecule has 7 nitrogen and oxygen atoms in total. The zero-order chi connectivity index (χ0) is 17.4. The maximum absolute atomic E-state index is 12.3. The third-order valence-corrected chi connectivity index (χ3v) is 3.79. The minimum Gasteiger partial charge on any atom is -0.324 e. The van der Waals surface area contributed by atoms with Crippen LogP contribution in [0.3, 0.4) is 0 Å². The second-order valence-electron chi connectivity index (χ2n) is 6.05. The molecule has 1 aromatic heterocycles. The lowest BCUT2D eigenvalue weighted by molar-refractivity contribution is -0.0585. The maximum Gasteiger partial charge on any atom is 0.367 e. The first-order chi connectivity index (χ1) is 11.4. The van der Waals surface area contributed by atoms with Crippen molar-refractivity contribution >= 4 is 17.8 Å². The number of aromatic nitrogens is 2. The monoisotopic (exact) mass is 327 g/mol. The van der Waals surface area contributed by atoms with Gasteiger partial charge in [-0.25, -0.2) is 4.79 Å². The summed E-state index contributed by atoms with van der Waals surface area (Å²) in [6, 6.07) is 6.34. The van der Waals surface area contributed by atoms with E-state index in [4.69, 9.17) is 4.84 Å². The van der Waals surface area contributed by atoms with Gasteiger partial charge in [0.2, 0.25) is 0 Å². The van der Waals surface area contributed by atoms with Crippen LogP contribution >= 0.6 is 0 Å². The van der Waals surface area contributed by atoms with Crippen molar-refractivity contribution in [2.45, 2.75) is 27.3 Å². The number of rotatable bonds is 4. The minimum atomic E-state index is -0.781. The summed E-state index contributed by atoms with van der Waals surface area (Å²) >= 11 is 0. The molecule has 1 aromatic carbocycles. The second-order valence-corrected chi connectivity index (χ2v) is 6.05. The maximum atomic E-state index is 12.3. The highest BCUT2D eigenvalue weighted by atomic mass is 16.7. The molecule has 7 heteroatoms. The molecule has 2 amide bonds. The molecule has 2 aromatic rings. The van der Waals surface area contributed by atoms with E-state index in [1.54, 1.807) is 23.7 Å². The van der Waals surface area contributed by atoms with Crippen molar-refractivity contribution in [3.63, 3.8) is 0 Å². The smallest absolute Gasteiger partial charge is 0.324 e. The SMILES string of the molecule is Cc1c(C(=O)ON2C(=O)c3ccccc3C2=O)cnn1CC(C)C. The number of fused-ring (bicyclic) bond motifs is 1. The third-order valence-electron chi connectivity index (χ3n) is 3.79. The molecule has 0 spiro atoms. The molecule has 0 bridgehead atoms. The van der Waals surface area contributed by atoms with E-state index in [9.17, 15) is 14.4 Å². The molecule has 0 atom stereocenters. The number of hydrogen-bond acceptors (Lipinski definition) is 5. The predicted octanol–water partition coefficient (Wildman–Crippen LogP) is 2.22. The van der Waals surface area contributed by atoms with Gasteiger partial charge in [-0.3, -0.25) is 14.3 Å². The van der Waals surface area contributed by atoms with Crippen molar-refractivity contribution in [2.75, 3.05) is 0 Å². The van der Waals surface area contributed by atoms with Gasteiger partial charge in [0.05, 0.1) is 17.3 Å². The van der Waals surface area contributed by atoms with Gasteiger partial charge in [-0.05, 0) is 25.0 Å². The van der Waals surface area contributed by atoms with Crippen molar-refractivity contribution in [3.8, 4) is 0 Å². The molecular weight excluding hydrogens is 310 g/mol. The van der Waals surface area contributed by atoms with E-state index in [0.29, 0.717) is 23.2 Å². The first-order valence-electron chi connectivity index (χ1n) is 7.62. The van der Waals surface area contributed by atoms with Gasteiger partial charge >= 0.3 is 5.97 Å². The molecule has 0 N–H and O–H groups in total. The third kappa shape index (κ3) is 2.58. The number of carbonyl (C=O) groups is 3. The van der Waals surface area contributed by atoms with Gasteiger partial charge in [-0.1, -0.05) is 31.0 Å². The highest BCUT2D eigenvalue weighted by Crippen LogP contribution is 2.23. The Morgan fingerprint density at radius 1 is 1.17 bits per heavy atom. The Bertz CT molecular complexity index is 803. The van der Waals surface area contributed by atoms with Gasteiger partial charge in [0.15, 0.2) is 0 Å². The Morgan fingerprint density at radius 2 is 1.75 bits per heavy atom. The van der Waals surface area contributed by atoms with Crippen LogP contribution in [0.4, 0.5) is 0 Å². The lowest BCUT2D eigenvalue weighted by atomic mass is 10.1. The molecule has 2 heterocycles. The summed E-state index contributed by atoms with van der Waals surface area (Å²) in [5, 5.41) is 4.66. The van der Waals surface area contributed by atoms with Crippen LogP contribution in [0.5, 0.6) is 0 Å². The van der Waals surface area contributed by atoms with Crippen molar-refractivity contribution in [1.29, 1.82) is 0 Å². The molecule has 0 saturated heterocycles. The van der Waals surface area contributed by atoms with E-state index in [2.05, 4.69) is 5.10 Å². The van der Waals surface area contributed by atoms with E-state index in [0.717, 1.165) is 0 Å². The van der Waals surface area contributed by atoms with E-state index in [1.807, 2.05) is 13.8 Å². The van der Waals surface area contributed by atoms with Gasteiger partial charge in [0.1, 0.15) is 5.56 Å². The molecular formula is C17H17N3O4. The van der Waals surface area contributed by atoms with E-state index >= 15 is 0 Å². The summed E-state index contributed by atoms with van der Waals surface area (Å²) in [6.07, 6.45) is 1.39. The largest absolute Gasteiger partial charge is 0.367 e. The zero-order valence-electron chi connectivity index (χ0n) is 13.6. The normalized spacial score (nSPS) is 13.6. The Balaban J connectivity index is 1.81. The standard InChI is InChI=1S/C17H17N3O4/c1-10(2)9-19-11(3)14(8-18-19)17(23)24-20-15(21)12-6-4-5-7-13(12)16(20)22/h4-8,10H,9H2,1-3H3. The van der Waals surface area contributed by atoms with Crippen molar-refractivity contribution < 1.29 is 19.2 Å². The lowest BCUT2D eigenvalue weighted by Gasteiger charge is -2.12. The Hall–Kier alpha value is -2.96. The fraction of sp³-hybridized carbons (Fsp3) is 0.294. The number of amides is 2. The Kier molecular flexibility index (Phi) is 3.92. The molecule has 0 aliphatic carbocycles. The number of nitrogens with zero attached hydrogens (tertiary/aromatic N) is 3. The molecule has 0 radical (unpaired) electrons. The van der Waals surface area contributed by atoms with Crippen molar-refractivity contribution in [1.82, 2.24) is 14.8 Å². The van der Waals surface area contributed by atoms with Crippen LogP contribution in [-0.4, -0.2) is 32.6 Å². The average molecular weight is 327 g/mol. The number of carbonyl (C=O) groups excluding carboxylic acids is 3. The molecule has 24 heavy (non-hydrogen) atoms. The summed E-state index contributed by atoms with van der Waals surface area (Å²) < 4.78 is 1.70. The van der Waals surface area contributed by atoms with Crippen molar-refractivity contribution in [3.05, 3.63) is 52.8 Å². The number of imide groups is 1. The summed E-state index contributed by atoms with van der Waals surface area (Å²) in [6.45, 7) is 6.48. The van der Waals surface area contributed by atoms with Crippen LogP contribution < -0.4 is 0 Å². The van der Waals surface area contributed by atoms with Crippen LogP contribution in [0.15, 0.2) is 30.5 Å². The van der Waals surface area contributed by atoms with Gasteiger partial charge in [0, 0.05) is 12.2 Å². The van der Waals surface area contributed by atoms with E-state index in [1.165, 1.54) is 18.3 Å². The topological polar surface area (TPSA) is 81.5 Å². The lowest BCUT2D eigenvalue weighted by Crippen LogP contribution is -2.32. The number of hydroxylamine groups is 2. The molecule has 124 valence electrons. The van der Waals surface area contributed by atoms with Crippen LogP contribution in [0, 0.1) is 12.8 Å². The average Bonchev–Trinajstić information content (AvgIpc) is 3.01. The highest BCUT2D eigenvalue weighted by molar-refractivity contribution is 6.21. The zero-order valence-corrected chi connectivity index (χ0v) is 13.6. The second kappa shape index (κ2) is 5.92. The van der Waals surface area contributed by atoms with Crippen molar-refractivity contribution in [2.24, 2.45) is 5.92 Å². The number of benzene rings is 1. The van der Waals surface area contributed by atoms with Crippen LogP contribution in [0.25, 0.3) is 0 Å². The minimum absolute atomic E-state index is 0.225. The molecule has 1 aliphatic heterocycles. The van der Waals surface area contributed by atoms with Gasteiger partial charge < -0.3 is 4.84 Å².